The summed E-state index contributed by atoms with van der Waals surface area (Å²) in [5, 5.41) is 9.08. The third kappa shape index (κ3) is 5.37. The Balaban J connectivity index is 2.89. The van der Waals surface area contributed by atoms with E-state index in [2.05, 4.69) is 20.7 Å². The fourth-order valence-corrected chi connectivity index (χ4v) is 3.87. The maximum absolute atomic E-state index is 13.2. The van der Waals surface area contributed by atoms with Gasteiger partial charge in [0, 0.05) is 11.0 Å². The van der Waals surface area contributed by atoms with Crippen LogP contribution in [0.4, 0.5) is 4.39 Å². The van der Waals surface area contributed by atoms with Gasteiger partial charge in [-0.3, -0.25) is 4.79 Å². The number of nitrogens with one attached hydrogen (secondary N) is 1. The maximum Gasteiger partial charge on any atom is 0.307 e. The Morgan fingerprint density at radius 1 is 1.43 bits per heavy atom. The largest absolute Gasteiger partial charge is 0.481 e. The summed E-state index contributed by atoms with van der Waals surface area (Å²) in [6.07, 6.45) is 0.349. The van der Waals surface area contributed by atoms with Gasteiger partial charge in [-0.2, -0.15) is 0 Å². The molecule has 5 nitrogen and oxygen atoms in total. The molecule has 0 aliphatic heterocycles. The Morgan fingerprint density at radius 3 is 2.57 bits per heavy atom. The fraction of sp³-hybridized carbons (Fsp3) is 0.462. The minimum absolute atomic E-state index is 0.122. The van der Waals surface area contributed by atoms with Crippen molar-refractivity contribution >= 4 is 31.9 Å². The lowest BCUT2D eigenvalue weighted by Crippen LogP contribution is -2.33. The molecule has 0 aromatic heterocycles. The molecule has 0 aliphatic rings. The van der Waals surface area contributed by atoms with E-state index in [0.29, 0.717) is 6.42 Å². The lowest BCUT2D eigenvalue weighted by atomic mass is 9.98. The minimum atomic E-state index is -3.98. The van der Waals surface area contributed by atoms with Gasteiger partial charge >= 0.3 is 5.97 Å². The molecule has 1 atom stereocenters. The molecule has 21 heavy (non-hydrogen) atoms. The zero-order chi connectivity index (χ0) is 16.2. The molecular formula is C13H17BrFNO4S. The summed E-state index contributed by atoms with van der Waals surface area (Å²) in [4.78, 5) is 10.9. The normalized spacial score (nSPS) is 13.4. The van der Waals surface area contributed by atoms with E-state index in [1.54, 1.807) is 0 Å². The lowest BCUT2D eigenvalue weighted by Gasteiger charge is -2.16. The molecule has 8 heteroatoms. The van der Waals surface area contributed by atoms with E-state index in [1.165, 1.54) is 6.07 Å². The molecule has 0 spiro atoms. The SMILES string of the molecule is CC(C)CC(CNS(=O)(=O)c1cc(F)ccc1Br)C(=O)O. The number of sulfonamides is 1. The number of rotatable bonds is 7. The van der Waals surface area contributed by atoms with Crippen LogP contribution >= 0.6 is 15.9 Å². The third-order valence-electron chi connectivity index (χ3n) is 2.81. The van der Waals surface area contributed by atoms with Crippen LogP contribution in [0.15, 0.2) is 27.6 Å². The molecule has 0 fully saturated rings. The van der Waals surface area contributed by atoms with Crippen molar-refractivity contribution in [3.8, 4) is 0 Å². The molecule has 1 aromatic carbocycles. The van der Waals surface area contributed by atoms with Gasteiger partial charge in [0.05, 0.1) is 10.8 Å². The maximum atomic E-state index is 13.2. The zero-order valence-electron chi connectivity index (χ0n) is 11.6. The van der Waals surface area contributed by atoms with Crippen molar-refractivity contribution in [1.82, 2.24) is 4.72 Å². The van der Waals surface area contributed by atoms with E-state index in [4.69, 9.17) is 5.11 Å². The van der Waals surface area contributed by atoms with Crippen LogP contribution in [0.5, 0.6) is 0 Å². The summed E-state index contributed by atoms with van der Waals surface area (Å²) < 4.78 is 39.8. The number of carboxylic acid groups (broad SMARTS) is 1. The third-order valence-corrected chi connectivity index (χ3v) is 5.23. The summed E-state index contributed by atoms with van der Waals surface area (Å²) in [5.74, 6) is -2.45. The highest BCUT2D eigenvalue weighted by molar-refractivity contribution is 9.10. The van der Waals surface area contributed by atoms with Crippen molar-refractivity contribution in [2.75, 3.05) is 6.54 Å². The average molecular weight is 382 g/mol. The van der Waals surface area contributed by atoms with Crippen LogP contribution in [0.1, 0.15) is 20.3 Å². The molecule has 0 aliphatic carbocycles. The highest BCUT2D eigenvalue weighted by Gasteiger charge is 2.24. The first-order valence-electron chi connectivity index (χ1n) is 6.31. The molecule has 1 rings (SSSR count). The second-order valence-corrected chi connectivity index (χ2v) is 7.68. The number of carboxylic acids is 1. The highest BCUT2D eigenvalue weighted by Crippen LogP contribution is 2.23. The van der Waals surface area contributed by atoms with E-state index in [1.807, 2.05) is 13.8 Å². The molecule has 2 N–H and O–H groups in total. The summed E-state index contributed by atoms with van der Waals surface area (Å²) in [6.45, 7) is 3.47. The number of halogens is 2. The second kappa shape index (κ2) is 7.33. The van der Waals surface area contributed by atoms with Crippen molar-refractivity contribution in [1.29, 1.82) is 0 Å². The molecule has 0 heterocycles. The van der Waals surface area contributed by atoms with Crippen LogP contribution < -0.4 is 4.72 Å². The second-order valence-electron chi connectivity index (χ2n) is 5.09. The van der Waals surface area contributed by atoms with E-state index in [9.17, 15) is 17.6 Å². The first-order valence-corrected chi connectivity index (χ1v) is 8.58. The van der Waals surface area contributed by atoms with Gasteiger partial charge in [0.15, 0.2) is 0 Å². The number of hydrogen-bond acceptors (Lipinski definition) is 3. The fourth-order valence-electron chi connectivity index (χ4n) is 1.81. The van der Waals surface area contributed by atoms with E-state index in [-0.39, 0.29) is 21.8 Å². The molecule has 1 unspecified atom stereocenters. The summed E-state index contributed by atoms with van der Waals surface area (Å²) >= 11 is 3.04. The van der Waals surface area contributed by atoms with Crippen LogP contribution in [0.25, 0.3) is 0 Å². The van der Waals surface area contributed by atoms with Gasteiger partial charge in [0.2, 0.25) is 10.0 Å². The Bertz CT molecular complexity index is 619. The molecule has 1 aromatic rings. The monoisotopic (exact) mass is 381 g/mol. The van der Waals surface area contributed by atoms with E-state index >= 15 is 0 Å². The summed E-state index contributed by atoms with van der Waals surface area (Å²) in [6, 6.07) is 3.29. The number of hydrogen-bond donors (Lipinski definition) is 2. The predicted octanol–water partition coefficient (Wildman–Crippen LogP) is 2.61. The standard InChI is InChI=1S/C13H17BrFNO4S/c1-8(2)5-9(13(17)18)7-16-21(19,20)12-6-10(15)3-4-11(12)14/h3-4,6,8-9,16H,5,7H2,1-2H3,(H,17,18). The Labute approximate surface area is 131 Å². The van der Waals surface area contributed by atoms with Gasteiger partial charge < -0.3 is 5.11 Å². The first kappa shape index (κ1) is 18.1. The van der Waals surface area contributed by atoms with Crippen molar-refractivity contribution in [3.05, 3.63) is 28.5 Å². The quantitative estimate of drug-likeness (QED) is 0.760. The number of aliphatic carboxylic acids is 1. The van der Waals surface area contributed by atoms with E-state index in [0.717, 1.165) is 12.1 Å². The van der Waals surface area contributed by atoms with Gasteiger partial charge in [-0.25, -0.2) is 17.5 Å². The van der Waals surface area contributed by atoms with Gasteiger partial charge in [-0.15, -0.1) is 0 Å². The molecule has 118 valence electrons. The molecule has 0 saturated carbocycles. The predicted molar refractivity (Wildman–Crippen MR) is 79.9 cm³/mol. The Morgan fingerprint density at radius 2 is 2.05 bits per heavy atom. The minimum Gasteiger partial charge on any atom is -0.481 e. The van der Waals surface area contributed by atoms with Crippen LogP contribution in [0.2, 0.25) is 0 Å². The summed E-state index contributed by atoms with van der Waals surface area (Å²) in [7, 11) is -3.98. The first-order chi connectivity index (χ1) is 9.63. The highest BCUT2D eigenvalue weighted by atomic mass is 79.9. The topological polar surface area (TPSA) is 83.5 Å². The molecular weight excluding hydrogens is 365 g/mol. The van der Waals surface area contributed by atoms with Crippen molar-refractivity contribution < 1.29 is 22.7 Å². The van der Waals surface area contributed by atoms with Crippen LogP contribution in [0, 0.1) is 17.7 Å². The Hall–Kier alpha value is -0.990. The van der Waals surface area contributed by atoms with Gasteiger partial charge in [0.25, 0.3) is 0 Å². The molecule has 0 amide bonds. The number of carbonyl (C=O) groups is 1. The molecule has 0 bridgehead atoms. The van der Waals surface area contributed by atoms with Crippen LogP contribution in [0.3, 0.4) is 0 Å². The van der Waals surface area contributed by atoms with E-state index < -0.39 is 27.7 Å². The van der Waals surface area contributed by atoms with Crippen molar-refractivity contribution in [3.63, 3.8) is 0 Å². The van der Waals surface area contributed by atoms with Gasteiger partial charge in [-0.05, 0) is 46.5 Å². The average Bonchev–Trinajstić information content (AvgIpc) is 2.36. The van der Waals surface area contributed by atoms with Crippen molar-refractivity contribution in [2.24, 2.45) is 11.8 Å². The smallest absolute Gasteiger partial charge is 0.307 e. The van der Waals surface area contributed by atoms with Crippen LogP contribution in [-0.4, -0.2) is 26.0 Å². The van der Waals surface area contributed by atoms with Crippen molar-refractivity contribution in [2.45, 2.75) is 25.2 Å². The van der Waals surface area contributed by atoms with Gasteiger partial charge in [-0.1, -0.05) is 13.8 Å². The van der Waals surface area contributed by atoms with Gasteiger partial charge in [0.1, 0.15) is 5.82 Å². The molecule has 0 radical (unpaired) electrons. The number of benzene rings is 1. The molecule has 0 saturated heterocycles. The van der Waals surface area contributed by atoms with Crippen LogP contribution in [-0.2, 0) is 14.8 Å². The zero-order valence-corrected chi connectivity index (χ0v) is 14.0. The Kier molecular flexibility index (Phi) is 6.30. The summed E-state index contributed by atoms with van der Waals surface area (Å²) in [5.41, 5.74) is 0. The lowest BCUT2D eigenvalue weighted by molar-refractivity contribution is -0.142.